The topological polar surface area (TPSA) is 90.1 Å². The third-order valence-electron chi connectivity index (χ3n) is 3.71. The monoisotopic (exact) mass is 396 g/mol. The average Bonchev–Trinajstić information content (AvgIpc) is 2.60. The highest BCUT2D eigenvalue weighted by Gasteiger charge is 2.11. The molecule has 8 heteroatoms. The van der Waals surface area contributed by atoms with E-state index in [2.05, 4.69) is 15.3 Å². The summed E-state index contributed by atoms with van der Waals surface area (Å²) in [5, 5.41) is 3.66. The van der Waals surface area contributed by atoms with Crippen LogP contribution in [0.5, 0.6) is 5.75 Å². The van der Waals surface area contributed by atoms with Gasteiger partial charge in [-0.1, -0.05) is 11.8 Å². The summed E-state index contributed by atoms with van der Waals surface area (Å²) in [6, 6.07) is 7.26. The Balaban J connectivity index is 0.00000338. The fourth-order valence-corrected chi connectivity index (χ4v) is 2.89. The zero-order chi connectivity index (χ0) is 18.2. The highest BCUT2D eigenvalue weighted by Crippen LogP contribution is 2.18. The molecule has 6 nitrogen and oxygen atoms in total. The van der Waals surface area contributed by atoms with Crippen molar-refractivity contribution in [3.8, 4) is 5.75 Å². The van der Waals surface area contributed by atoms with Crippen LogP contribution in [0, 0.1) is 13.8 Å². The number of rotatable bonds is 8. The molecule has 2 aromatic rings. The van der Waals surface area contributed by atoms with Crippen LogP contribution in [0.15, 0.2) is 29.4 Å². The molecular weight excluding hydrogens is 372 g/mol. The molecule has 0 spiro atoms. The number of ether oxygens (including phenoxy) is 1. The van der Waals surface area contributed by atoms with E-state index < -0.39 is 0 Å². The summed E-state index contributed by atoms with van der Waals surface area (Å²) < 4.78 is 5.41. The second-order valence-electron chi connectivity index (χ2n) is 5.57. The van der Waals surface area contributed by atoms with Gasteiger partial charge in [-0.3, -0.25) is 4.79 Å². The summed E-state index contributed by atoms with van der Waals surface area (Å²) >= 11 is 1.52. The average molecular weight is 397 g/mol. The fourth-order valence-electron chi connectivity index (χ4n) is 2.44. The molecule has 0 fully saturated rings. The largest absolute Gasteiger partial charge is 0.492 e. The molecule has 0 saturated carbocycles. The van der Waals surface area contributed by atoms with Crippen LogP contribution < -0.4 is 15.8 Å². The standard InChI is InChI=1S/C18H24N4O2S.ClH/c1-12-16(13(2)21-18(20-12)25-3)8-9-17(23)22-14-4-6-15(7-5-14)24-11-10-19;/h4-7H,8-11,19H2,1-3H3,(H,22,23);1H. The lowest BCUT2D eigenvalue weighted by Gasteiger charge is -2.11. The second-order valence-corrected chi connectivity index (χ2v) is 6.34. The Kier molecular flexibility index (Phi) is 9.40. The first-order chi connectivity index (χ1) is 12.0. The van der Waals surface area contributed by atoms with Crippen LogP contribution in [0.4, 0.5) is 5.69 Å². The summed E-state index contributed by atoms with van der Waals surface area (Å²) in [7, 11) is 0. The van der Waals surface area contributed by atoms with Crippen molar-refractivity contribution in [1.29, 1.82) is 0 Å². The van der Waals surface area contributed by atoms with E-state index >= 15 is 0 Å². The molecule has 0 saturated heterocycles. The normalized spacial score (nSPS) is 10.2. The summed E-state index contributed by atoms with van der Waals surface area (Å²) in [5.74, 6) is 0.698. The van der Waals surface area contributed by atoms with Gasteiger partial charge in [-0.25, -0.2) is 9.97 Å². The number of hydrogen-bond acceptors (Lipinski definition) is 6. The molecule has 0 aliphatic carbocycles. The highest BCUT2D eigenvalue weighted by atomic mass is 35.5. The third kappa shape index (κ3) is 6.48. The molecule has 3 N–H and O–H groups in total. The molecule has 1 heterocycles. The van der Waals surface area contributed by atoms with E-state index in [1.165, 1.54) is 11.8 Å². The molecule has 0 unspecified atom stereocenters. The minimum absolute atomic E-state index is 0. The maximum atomic E-state index is 12.2. The molecule has 0 aliphatic rings. The molecule has 142 valence electrons. The number of nitrogens with zero attached hydrogens (tertiary/aromatic N) is 2. The quantitative estimate of drug-likeness (QED) is 0.526. The number of carbonyl (C=O) groups is 1. The van der Waals surface area contributed by atoms with Gasteiger partial charge in [0.25, 0.3) is 0 Å². The predicted molar refractivity (Wildman–Crippen MR) is 108 cm³/mol. The van der Waals surface area contributed by atoms with Crippen molar-refractivity contribution in [3.05, 3.63) is 41.2 Å². The van der Waals surface area contributed by atoms with Gasteiger partial charge in [-0.15, -0.1) is 12.4 Å². The molecule has 2 rings (SSSR count). The van der Waals surface area contributed by atoms with E-state index in [-0.39, 0.29) is 18.3 Å². The Morgan fingerprint density at radius 3 is 2.35 bits per heavy atom. The molecule has 0 aliphatic heterocycles. The number of hydrogen-bond donors (Lipinski definition) is 2. The van der Waals surface area contributed by atoms with Crippen LogP contribution in [0.2, 0.25) is 0 Å². The van der Waals surface area contributed by atoms with Crippen LogP contribution in [0.3, 0.4) is 0 Å². The Morgan fingerprint density at radius 1 is 1.19 bits per heavy atom. The maximum Gasteiger partial charge on any atom is 0.224 e. The van der Waals surface area contributed by atoms with Gasteiger partial charge < -0.3 is 15.8 Å². The van der Waals surface area contributed by atoms with Crippen molar-refractivity contribution >= 4 is 35.8 Å². The number of thioether (sulfide) groups is 1. The smallest absolute Gasteiger partial charge is 0.224 e. The number of anilines is 1. The minimum Gasteiger partial charge on any atom is -0.492 e. The molecule has 0 atom stereocenters. The van der Waals surface area contributed by atoms with Gasteiger partial charge in [0.15, 0.2) is 5.16 Å². The highest BCUT2D eigenvalue weighted by molar-refractivity contribution is 7.98. The Bertz CT molecular complexity index is 703. The van der Waals surface area contributed by atoms with E-state index in [4.69, 9.17) is 10.5 Å². The van der Waals surface area contributed by atoms with Crippen LogP contribution in [-0.4, -0.2) is 35.3 Å². The van der Waals surface area contributed by atoms with E-state index in [1.54, 1.807) is 0 Å². The van der Waals surface area contributed by atoms with Crippen LogP contribution in [-0.2, 0) is 11.2 Å². The molecule has 1 amide bonds. The number of carbonyl (C=O) groups excluding carboxylic acids is 1. The molecule has 1 aromatic heterocycles. The zero-order valence-corrected chi connectivity index (χ0v) is 16.9. The van der Waals surface area contributed by atoms with Gasteiger partial charge in [0.2, 0.25) is 5.91 Å². The van der Waals surface area contributed by atoms with Crippen molar-refractivity contribution in [2.45, 2.75) is 31.8 Å². The molecule has 26 heavy (non-hydrogen) atoms. The van der Waals surface area contributed by atoms with Gasteiger partial charge in [0.1, 0.15) is 12.4 Å². The molecule has 1 aromatic carbocycles. The molecule has 0 bridgehead atoms. The maximum absolute atomic E-state index is 12.2. The van der Waals surface area contributed by atoms with Crippen LogP contribution in [0.1, 0.15) is 23.4 Å². The number of benzene rings is 1. The Morgan fingerprint density at radius 2 is 1.81 bits per heavy atom. The van der Waals surface area contributed by atoms with Crippen molar-refractivity contribution in [2.24, 2.45) is 5.73 Å². The number of aryl methyl sites for hydroxylation is 2. The van der Waals surface area contributed by atoms with E-state index in [0.29, 0.717) is 26.0 Å². The van der Waals surface area contributed by atoms with Crippen molar-refractivity contribution in [3.63, 3.8) is 0 Å². The second kappa shape index (κ2) is 11.0. The van der Waals surface area contributed by atoms with E-state index in [9.17, 15) is 4.79 Å². The SMILES string of the molecule is CSc1nc(C)c(CCC(=O)Nc2ccc(OCCN)cc2)c(C)n1.Cl. The van der Waals surface area contributed by atoms with Gasteiger partial charge in [0.05, 0.1) is 0 Å². The van der Waals surface area contributed by atoms with Crippen LogP contribution >= 0.6 is 24.2 Å². The fraction of sp³-hybridized carbons (Fsp3) is 0.389. The van der Waals surface area contributed by atoms with Crippen molar-refractivity contribution in [1.82, 2.24) is 9.97 Å². The molecular formula is C18H25ClN4O2S. The first kappa shape index (κ1) is 22.2. The Hall–Kier alpha value is -1.83. The first-order valence-corrected chi connectivity index (χ1v) is 9.37. The first-order valence-electron chi connectivity index (χ1n) is 8.14. The van der Waals surface area contributed by atoms with Crippen molar-refractivity contribution in [2.75, 3.05) is 24.7 Å². The summed E-state index contributed by atoms with van der Waals surface area (Å²) in [5.41, 5.74) is 9.05. The predicted octanol–water partition coefficient (Wildman–Crippen LogP) is 3.15. The number of amides is 1. The van der Waals surface area contributed by atoms with Gasteiger partial charge in [0, 0.05) is 30.0 Å². The number of nitrogens with one attached hydrogen (secondary N) is 1. The zero-order valence-electron chi connectivity index (χ0n) is 15.2. The van der Waals surface area contributed by atoms with Gasteiger partial charge in [-0.05, 0) is 56.4 Å². The summed E-state index contributed by atoms with van der Waals surface area (Å²) in [6.45, 7) is 4.87. The summed E-state index contributed by atoms with van der Waals surface area (Å²) in [4.78, 5) is 21.1. The van der Waals surface area contributed by atoms with Gasteiger partial charge >= 0.3 is 0 Å². The number of nitrogens with two attached hydrogens (primary N) is 1. The van der Waals surface area contributed by atoms with Crippen LogP contribution in [0.25, 0.3) is 0 Å². The van der Waals surface area contributed by atoms with Crippen molar-refractivity contribution < 1.29 is 9.53 Å². The molecule has 0 radical (unpaired) electrons. The van der Waals surface area contributed by atoms with E-state index in [0.717, 1.165) is 33.5 Å². The number of aromatic nitrogens is 2. The summed E-state index contributed by atoms with van der Waals surface area (Å²) in [6.07, 6.45) is 2.96. The number of halogens is 1. The van der Waals surface area contributed by atoms with Gasteiger partial charge in [-0.2, -0.15) is 0 Å². The Labute approximate surface area is 164 Å². The lowest BCUT2D eigenvalue weighted by molar-refractivity contribution is -0.116. The lowest BCUT2D eigenvalue weighted by Crippen LogP contribution is -2.14. The lowest BCUT2D eigenvalue weighted by atomic mass is 10.1. The third-order valence-corrected chi connectivity index (χ3v) is 4.26. The minimum atomic E-state index is -0.0385. The van der Waals surface area contributed by atoms with E-state index in [1.807, 2.05) is 44.4 Å².